The zero-order valence-electron chi connectivity index (χ0n) is 12.7. The summed E-state index contributed by atoms with van der Waals surface area (Å²) >= 11 is 0. The highest BCUT2D eigenvalue weighted by atomic mass is 32.2. The van der Waals surface area contributed by atoms with Crippen molar-refractivity contribution in [2.75, 3.05) is 11.6 Å². The van der Waals surface area contributed by atoms with E-state index in [4.69, 9.17) is 0 Å². The molecule has 2 amide bonds. The summed E-state index contributed by atoms with van der Waals surface area (Å²) in [6, 6.07) is 3.45. The van der Waals surface area contributed by atoms with Crippen LogP contribution in [0.15, 0.2) is 30.9 Å². The van der Waals surface area contributed by atoms with Gasteiger partial charge in [-0.05, 0) is 25.0 Å². The number of amides is 2. The van der Waals surface area contributed by atoms with Crippen molar-refractivity contribution in [2.24, 2.45) is 0 Å². The number of benzene rings is 1. The van der Waals surface area contributed by atoms with Gasteiger partial charge in [0, 0.05) is 23.5 Å². The molecule has 22 heavy (non-hydrogen) atoms. The predicted octanol–water partition coefficient (Wildman–Crippen LogP) is 2.85. The smallest absolute Gasteiger partial charge is 0.319 e. The van der Waals surface area contributed by atoms with Crippen LogP contribution in [0, 0.1) is 5.82 Å². The molecule has 1 rings (SSSR count). The third-order valence-corrected chi connectivity index (χ3v) is 3.84. The summed E-state index contributed by atoms with van der Waals surface area (Å²) in [4.78, 5) is 11.8. The van der Waals surface area contributed by atoms with Gasteiger partial charge in [0.25, 0.3) is 0 Å². The highest BCUT2D eigenvalue weighted by Gasteiger charge is 2.12. The number of rotatable bonds is 7. The fraction of sp³-hybridized carbons (Fsp3) is 0.400. The van der Waals surface area contributed by atoms with Crippen molar-refractivity contribution < 1.29 is 17.6 Å². The van der Waals surface area contributed by atoms with Gasteiger partial charge >= 0.3 is 6.03 Å². The van der Waals surface area contributed by atoms with E-state index in [1.165, 1.54) is 12.1 Å². The minimum absolute atomic E-state index is 0.0353. The second kappa shape index (κ2) is 7.93. The van der Waals surface area contributed by atoms with Crippen LogP contribution in [0.4, 0.5) is 14.9 Å². The first-order chi connectivity index (χ1) is 10.2. The topological polar surface area (TPSA) is 75.3 Å². The Labute approximate surface area is 130 Å². The van der Waals surface area contributed by atoms with Crippen molar-refractivity contribution in [2.45, 2.75) is 31.6 Å². The molecule has 1 atom stereocenters. The molecular weight excluding hydrogens is 307 g/mol. The first kappa shape index (κ1) is 18.2. The number of urea groups is 1. The molecule has 0 radical (unpaired) electrons. The third-order valence-electron chi connectivity index (χ3n) is 3.01. The van der Waals surface area contributed by atoms with E-state index in [1.807, 2.05) is 6.92 Å². The number of anilines is 1. The number of halogens is 1. The lowest BCUT2D eigenvalue weighted by Crippen LogP contribution is -2.37. The van der Waals surface area contributed by atoms with E-state index >= 15 is 0 Å². The van der Waals surface area contributed by atoms with Gasteiger partial charge in [0.2, 0.25) is 0 Å². The molecule has 0 saturated heterocycles. The molecule has 1 aromatic rings. The molecule has 1 unspecified atom stereocenters. The quantitative estimate of drug-likeness (QED) is 0.756. The molecule has 0 spiro atoms. The molecule has 0 aliphatic heterocycles. The first-order valence-corrected chi connectivity index (χ1v) is 8.95. The Hall–Kier alpha value is -1.89. The van der Waals surface area contributed by atoms with Gasteiger partial charge < -0.3 is 10.6 Å². The van der Waals surface area contributed by atoms with Crippen molar-refractivity contribution in [3.05, 3.63) is 42.2 Å². The van der Waals surface area contributed by atoms with Crippen LogP contribution in [-0.2, 0) is 15.6 Å². The summed E-state index contributed by atoms with van der Waals surface area (Å²) in [6.07, 6.45) is 4.15. The normalized spacial score (nSPS) is 12.5. The Kier molecular flexibility index (Phi) is 6.55. The van der Waals surface area contributed by atoms with E-state index in [1.54, 1.807) is 6.08 Å². The van der Waals surface area contributed by atoms with Crippen LogP contribution in [0.1, 0.15) is 25.3 Å². The standard InChI is InChI=1S/C15H21FN2O3S/c1-4-6-12(5-2)17-15(19)18-13-8-7-11(14(16)9-13)10-22(3,20)21/h4,7-9,12H,1,5-6,10H2,2-3H3,(H2,17,18,19). The van der Waals surface area contributed by atoms with Gasteiger partial charge in [-0.3, -0.25) is 0 Å². The van der Waals surface area contributed by atoms with Crippen molar-refractivity contribution in [3.63, 3.8) is 0 Å². The van der Waals surface area contributed by atoms with E-state index in [-0.39, 0.29) is 23.0 Å². The fourth-order valence-corrected chi connectivity index (χ4v) is 2.71. The average Bonchev–Trinajstić information content (AvgIpc) is 2.40. The molecule has 0 aliphatic rings. The maximum Gasteiger partial charge on any atom is 0.319 e. The number of carbonyl (C=O) groups is 1. The van der Waals surface area contributed by atoms with Gasteiger partial charge in [-0.25, -0.2) is 17.6 Å². The van der Waals surface area contributed by atoms with Gasteiger partial charge in [-0.1, -0.05) is 19.1 Å². The third kappa shape index (κ3) is 6.26. The largest absolute Gasteiger partial charge is 0.335 e. The van der Waals surface area contributed by atoms with E-state index in [2.05, 4.69) is 17.2 Å². The van der Waals surface area contributed by atoms with Crippen LogP contribution >= 0.6 is 0 Å². The summed E-state index contributed by atoms with van der Waals surface area (Å²) in [5.74, 6) is -1.04. The monoisotopic (exact) mass is 328 g/mol. The van der Waals surface area contributed by atoms with Crippen LogP contribution in [-0.4, -0.2) is 26.7 Å². The molecule has 0 fully saturated rings. The van der Waals surface area contributed by atoms with Gasteiger partial charge in [0.05, 0.1) is 5.75 Å². The molecule has 0 aliphatic carbocycles. The predicted molar refractivity (Wildman–Crippen MR) is 86.0 cm³/mol. The molecule has 0 aromatic heterocycles. The van der Waals surface area contributed by atoms with Crippen LogP contribution in [0.25, 0.3) is 0 Å². The highest BCUT2D eigenvalue weighted by molar-refractivity contribution is 7.89. The number of sulfone groups is 1. The molecule has 0 saturated carbocycles. The summed E-state index contributed by atoms with van der Waals surface area (Å²) in [5.41, 5.74) is 0.340. The van der Waals surface area contributed by atoms with Crippen LogP contribution in [0.3, 0.4) is 0 Å². The van der Waals surface area contributed by atoms with Crippen molar-refractivity contribution in [3.8, 4) is 0 Å². The van der Waals surface area contributed by atoms with Crippen LogP contribution in [0.5, 0.6) is 0 Å². The maximum atomic E-state index is 13.8. The Balaban J connectivity index is 2.72. The Bertz CT molecular complexity index is 644. The van der Waals surface area contributed by atoms with Crippen molar-refractivity contribution >= 4 is 21.6 Å². The molecule has 1 aromatic carbocycles. The van der Waals surface area contributed by atoms with E-state index in [9.17, 15) is 17.6 Å². The molecule has 5 nitrogen and oxygen atoms in total. The van der Waals surface area contributed by atoms with Gasteiger partial charge in [0.1, 0.15) is 5.82 Å². The number of hydrogen-bond acceptors (Lipinski definition) is 3. The minimum Gasteiger partial charge on any atom is -0.335 e. The summed E-state index contributed by atoms with van der Waals surface area (Å²) in [5, 5.41) is 5.27. The molecule has 7 heteroatoms. The van der Waals surface area contributed by atoms with Crippen LogP contribution in [0.2, 0.25) is 0 Å². The van der Waals surface area contributed by atoms with Crippen LogP contribution < -0.4 is 10.6 Å². The van der Waals surface area contributed by atoms with Crippen molar-refractivity contribution in [1.82, 2.24) is 5.32 Å². The summed E-state index contributed by atoms with van der Waals surface area (Å²) in [7, 11) is -3.31. The number of nitrogens with one attached hydrogen (secondary N) is 2. The van der Waals surface area contributed by atoms with Gasteiger partial charge in [-0.2, -0.15) is 0 Å². The molecule has 2 N–H and O–H groups in total. The fourth-order valence-electron chi connectivity index (χ4n) is 1.91. The van der Waals surface area contributed by atoms with Gasteiger partial charge in [0.15, 0.2) is 9.84 Å². The second-order valence-electron chi connectivity index (χ2n) is 5.10. The van der Waals surface area contributed by atoms with E-state index in [0.717, 1.165) is 18.7 Å². The van der Waals surface area contributed by atoms with Gasteiger partial charge in [-0.15, -0.1) is 6.58 Å². The lowest BCUT2D eigenvalue weighted by atomic mass is 10.1. The average molecular weight is 328 g/mol. The Morgan fingerprint density at radius 3 is 2.64 bits per heavy atom. The lowest BCUT2D eigenvalue weighted by Gasteiger charge is -2.16. The summed E-state index contributed by atoms with van der Waals surface area (Å²) in [6.45, 7) is 5.56. The molecule has 0 heterocycles. The maximum absolute atomic E-state index is 13.8. The molecular formula is C15H21FN2O3S. The zero-order valence-corrected chi connectivity index (χ0v) is 13.5. The molecule has 122 valence electrons. The lowest BCUT2D eigenvalue weighted by molar-refractivity contribution is 0.248. The Morgan fingerprint density at radius 1 is 1.45 bits per heavy atom. The zero-order chi connectivity index (χ0) is 16.8. The SMILES string of the molecule is C=CCC(CC)NC(=O)Nc1ccc(CS(C)(=O)=O)c(F)c1. The van der Waals surface area contributed by atoms with Crippen molar-refractivity contribution in [1.29, 1.82) is 0 Å². The molecule has 0 bridgehead atoms. The summed E-state index contributed by atoms with van der Waals surface area (Å²) < 4.78 is 36.2. The van der Waals surface area contributed by atoms with E-state index in [0.29, 0.717) is 6.42 Å². The van der Waals surface area contributed by atoms with E-state index < -0.39 is 21.7 Å². The number of carbonyl (C=O) groups excluding carboxylic acids is 1. The Morgan fingerprint density at radius 2 is 2.14 bits per heavy atom. The second-order valence-corrected chi connectivity index (χ2v) is 7.24. The highest BCUT2D eigenvalue weighted by Crippen LogP contribution is 2.16. The first-order valence-electron chi connectivity index (χ1n) is 6.89. The minimum atomic E-state index is -3.31. The number of hydrogen-bond donors (Lipinski definition) is 2.